The van der Waals surface area contributed by atoms with Gasteiger partial charge in [-0.2, -0.15) is 0 Å². The molecule has 30 heavy (non-hydrogen) atoms. The normalized spacial score (nSPS) is 17.1. The highest BCUT2D eigenvalue weighted by atomic mass is 19.1. The van der Waals surface area contributed by atoms with Crippen LogP contribution in [0.2, 0.25) is 0 Å². The number of nitrogens with one attached hydrogen (secondary N) is 1. The van der Waals surface area contributed by atoms with Gasteiger partial charge in [-0.15, -0.1) is 0 Å². The Hall–Kier alpha value is -2.87. The SMILES string of the molecule is CON(C)C(=O)/C(F)=C\CC1c2[nH]c3ccccc3c2CCN1C(=O)OC(C)(C)C. The number of hydrogen-bond acceptors (Lipinski definition) is 4. The van der Waals surface area contributed by atoms with Crippen molar-refractivity contribution in [1.82, 2.24) is 14.9 Å². The van der Waals surface area contributed by atoms with Gasteiger partial charge in [-0.3, -0.25) is 14.5 Å². The van der Waals surface area contributed by atoms with Crippen LogP contribution in [0.4, 0.5) is 9.18 Å². The van der Waals surface area contributed by atoms with E-state index < -0.39 is 29.5 Å². The number of benzene rings is 1. The van der Waals surface area contributed by atoms with Crippen LogP contribution in [-0.4, -0.2) is 53.3 Å². The number of fused-ring (bicyclic) bond motifs is 3. The van der Waals surface area contributed by atoms with Gasteiger partial charge in [0, 0.05) is 30.2 Å². The number of carbonyl (C=O) groups is 2. The van der Waals surface area contributed by atoms with Crippen LogP contribution in [0.3, 0.4) is 0 Å². The number of H-pyrrole nitrogens is 1. The molecule has 1 aromatic heterocycles. The molecule has 7 nitrogen and oxygen atoms in total. The number of likely N-dealkylation sites (N-methyl/N-ethyl adjacent to an activating group) is 1. The molecule has 162 valence electrons. The number of aromatic amines is 1. The summed E-state index contributed by atoms with van der Waals surface area (Å²) in [6.07, 6.45) is 1.51. The molecule has 0 fully saturated rings. The van der Waals surface area contributed by atoms with Crippen molar-refractivity contribution in [3.63, 3.8) is 0 Å². The molecule has 0 saturated heterocycles. The molecule has 1 atom stereocenters. The first-order valence-corrected chi connectivity index (χ1v) is 9.89. The largest absolute Gasteiger partial charge is 0.444 e. The molecule has 2 aromatic rings. The molecule has 1 aromatic carbocycles. The summed E-state index contributed by atoms with van der Waals surface area (Å²) < 4.78 is 20.0. The zero-order chi connectivity index (χ0) is 22.1. The number of amides is 2. The molecule has 0 spiro atoms. The van der Waals surface area contributed by atoms with Crippen molar-refractivity contribution >= 4 is 22.9 Å². The first-order chi connectivity index (χ1) is 14.1. The summed E-state index contributed by atoms with van der Waals surface area (Å²) in [4.78, 5) is 34.6. The summed E-state index contributed by atoms with van der Waals surface area (Å²) in [7, 11) is 2.62. The van der Waals surface area contributed by atoms with E-state index in [-0.39, 0.29) is 6.42 Å². The highest BCUT2D eigenvalue weighted by Gasteiger charge is 2.35. The molecule has 0 radical (unpaired) electrons. The predicted molar refractivity (Wildman–Crippen MR) is 111 cm³/mol. The topological polar surface area (TPSA) is 74.9 Å². The Labute approximate surface area is 175 Å². The number of rotatable bonds is 4. The van der Waals surface area contributed by atoms with Crippen LogP contribution in [-0.2, 0) is 20.8 Å². The van der Waals surface area contributed by atoms with Crippen molar-refractivity contribution in [1.29, 1.82) is 0 Å². The maximum absolute atomic E-state index is 14.4. The second-order valence-corrected chi connectivity index (χ2v) is 8.28. The summed E-state index contributed by atoms with van der Waals surface area (Å²) >= 11 is 0. The summed E-state index contributed by atoms with van der Waals surface area (Å²) in [6.45, 7) is 5.85. The molecular formula is C22H28FN3O4. The smallest absolute Gasteiger partial charge is 0.410 e. The van der Waals surface area contributed by atoms with E-state index >= 15 is 0 Å². The lowest BCUT2D eigenvalue weighted by molar-refractivity contribution is -0.165. The molecule has 3 rings (SSSR count). The van der Waals surface area contributed by atoms with Gasteiger partial charge < -0.3 is 9.72 Å². The van der Waals surface area contributed by atoms with Crippen molar-refractivity contribution < 1.29 is 23.6 Å². The van der Waals surface area contributed by atoms with Gasteiger partial charge >= 0.3 is 12.0 Å². The van der Waals surface area contributed by atoms with Crippen LogP contribution in [0.5, 0.6) is 0 Å². The number of nitrogens with zero attached hydrogens (tertiary/aromatic N) is 2. The standard InChI is InChI=1S/C22H28FN3O4/c1-22(2,3)30-21(28)26-13-12-15-14-8-6-7-9-17(14)24-19(15)18(26)11-10-16(23)20(27)25(4)29-5/h6-10,18,24H,11-13H2,1-5H3/b16-10+. The van der Waals surface area contributed by atoms with E-state index in [0.29, 0.717) is 13.0 Å². The quantitative estimate of drug-likeness (QED) is 0.596. The zero-order valence-corrected chi connectivity index (χ0v) is 18.0. The number of carbonyl (C=O) groups excluding carboxylic acids is 2. The fraction of sp³-hybridized carbons (Fsp3) is 0.455. The van der Waals surface area contributed by atoms with Crippen molar-refractivity contribution in [2.24, 2.45) is 0 Å². The summed E-state index contributed by atoms with van der Waals surface area (Å²) in [5.41, 5.74) is 2.24. The third kappa shape index (κ3) is 4.48. The lowest BCUT2D eigenvalue weighted by Gasteiger charge is -2.36. The molecule has 1 unspecified atom stereocenters. The number of hydrogen-bond donors (Lipinski definition) is 1. The van der Waals surface area contributed by atoms with Gasteiger partial charge in [-0.25, -0.2) is 14.2 Å². The second kappa shape index (κ2) is 8.47. The first-order valence-electron chi connectivity index (χ1n) is 9.89. The Morgan fingerprint density at radius 3 is 2.70 bits per heavy atom. The minimum absolute atomic E-state index is 0.119. The lowest BCUT2D eigenvalue weighted by atomic mass is 9.95. The van der Waals surface area contributed by atoms with Crippen LogP contribution < -0.4 is 0 Å². The van der Waals surface area contributed by atoms with E-state index in [1.807, 2.05) is 24.3 Å². The van der Waals surface area contributed by atoms with Gasteiger partial charge in [0.1, 0.15) is 5.60 Å². The van der Waals surface area contributed by atoms with Crippen molar-refractivity contribution in [2.45, 2.75) is 45.3 Å². The van der Waals surface area contributed by atoms with E-state index in [1.54, 1.807) is 25.7 Å². The number of para-hydroxylation sites is 1. The molecule has 0 bridgehead atoms. The highest BCUT2D eigenvalue weighted by Crippen LogP contribution is 2.37. The van der Waals surface area contributed by atoms with Gasteiger partial charge in [0.15, 0.2) is 5.83 Å². The molecule has 8 heteroatoms. The first kappa shape index (κ1) is 21.8. The second-order valence-electron chi connectivity index (χ2n) is 8.28. The van der Waals surface area contributed by atoms with Crippen LogP contribution in [0.1, 0.15) is 44.5 Å². The molecule has 0 saturated carbocycles. The average molecular weight is 417 g/mol. The fourth-order valence-corrected chi connectivity index (χ4v) is 3.64. The van der Waals surface area contributed by atoms with Gasteiger partial charge in [0.2, 0.25) is 0 Å². The monoisotopic (exact) mass is 417 g/mol. The van der Waals surface area contributed by atoms with Crippen LogP contribution in [0.15, 0.2) is 36.2 Å². The fourth-order valence-electron chi connectivity index (χ4n) is 3.64. The molecule has 2 amide bonds. The van der Waals surface area contributed by atoms with E-state index in [1.165, 1.54) is 20.2 Å². The Morgan fingerprint density at radius 1 is 1.33 bits per heavy atom. The number of halogens is 1. The predicted octanol–water partition coefficient (Wildman–Crippen LogP) is 4.27. The van der Waals surface area contributed by atoms with Crippen LogP contribution in [0, 0.1) is 0 Å². The summed E-state index contributed by atoms with van der Waals surface area (Å²) in [5, 5.41) is 1.90. The molecule has 1 aliphatic heterocycles. The van der Waals surface area contributed by atoms with Crippen molar-refractivity contribution in [3.8, 4) is 0 Å². The third-order valence-corrected chi connectivity index (χ3v) is 5.07. The van der Waals surface area contributed by atoms with Gasteiger partial charge in [-0.1, -0.05) is 18.2 Å². The van der Waals surface area contributed by atoms with E-state index in [0.717, 1.165) is 27.2 Å². The van der Waals surface area contributed by atoms with Gasteiger partial charge in [0.05, 0.1) is 13.2 Å². The summed E-state index contributed by atoms with van der Waals surface area (Å²) in [6, 6.07) is 7.41. The molecule has 1 aliphatic rings. The van der Waals surface area contributed by atoms with Crippen molar-refractivity contribution in [2.75, 3.05) is 20.7 Å². The third-order valence-electron chi connectivity index (χ3n) is 5.07. The molecule has 2 heterocycles. The molecule has 0 aliphatic carbocycles. The average Bonchev–Trinajstić information content (AvgIpc) is 3.08. The zero-order valence-electron chi connectivity index (χ0n) is 18.0. The van der Waals surface area contributed by atoms with Crippen LogP contribution in [0.25, 0.3) is 10.9 Å². The van der Waals surface area contributed by atoms with E-state index in [2.05, 4.69) is 4.98 Å². The highest BCUT2D eigenvalue weighted by molar-refractivity contribution is 5.90. The number of ether oxygens (including phenoxy) is 1. The summed E-state index contributed by atoms with van der Waals surface area (Å²) in [5.74, 6) is -1.82. The maximum atomic E-state index is 14.4. The number of aromatic nitrogens is 1. The minimum Gasteiger partial charge on any atom is -0.444 e. The Balaban J connectivity index is 1.96. The Kier molecular flexibility index (Phi) is 6.17. The lowest BCUT2D eigenvalue weighted by Crippen LogP contribution is -2.43. The van der Waals surface area contributed by atoms with Crippen LogP contribution >= 0.6 is 0 Å². The van der Waals surface area contributed by atoms with E-state index in [9.17, 15) is 14.0 Å². The Bertz CT molecular complexity index is 976. The van der Waals surface area contributed by atoms with Gasteiger partial charge in [0.25, 0.3) is 0 Å². The minimum atomic E-state index is -0.938. The van der Waals surface area contributed by atoms with Gasteiger partial charge in [-0.05, 0) is 51.3 Å². The number of hydroxylamine groups is 2. The Morgan fingerprint density at radius 2 is 2.03 bits per heavy atom. The molecular weight excluding hydrogens is 389 g/mol. The maximum Gasteiger partial charge on any atom is 0.410 e. The van der Waals surface area contributed by atoms with E-state index in [4.69, 9.17) is 9.57 Å². The molecule has 1 N–H and O–H groups in total. The van der Waals surface area contributed by atoms with Crippen molar-refractivity contribution in [3.05, 3.63) is 47.4 Å².